The third-order valence-electron chi connectivity index (χ3n) is 2.69. The van der Waals surface area contributed by atoms with E-state index in [9.17, 15) is 4.39 Å². The number of rotatable bonds is 3. The maximum atomic E-state index is 14.0. The van der Waals surface area contributed by atoms with Gasteiger partial charge >= 0.3 is 0 Å². The summed E-state index contributed by atoms with van der Waals surface area (Å²) in [6, 6.07) is 7.95. The summed E-state index contributed by atoms with van der Waals surface area (Å²) in [6.45, 7) is 0.635. The molecule has 0 spiro atoms. The van der Waals surface area contributed by atoms with Gasteiger partial charge in [-0.3, -0.25) is 0 Å². The maximum absolute atomic E-state index is 14.0. The van der Waals surface area contributed by atoms with Crippen molar-refractivity contribution in [3.63, 3.8) is 0 Å². The summed E-state index contributed by atoms with van der Waals surface area (Å²) >= 11 is 18.1. The zero-order valence-corrected chi connectivity index (χ0v) is 12.4. The van der Waals surface area contributed by atoms with Gasteiger partial charge in [0.25, 0.3) is 0 Å². The lowest BCUT2D eigenvalue weighted by molar-refractivity contribution is 0.630. The van der Waals surface area contributed by atoms with Gasteiger partial charge in [-0.05, 0) is 36.9 Å². The van der Waals surface area contributed by atoms with Crippen molar-refractivity contribution < 1.29 is 4.39 Å². The number of halogens is 4. The van der Waals surface area contributed by atoms with Crippen molar-refractivity contribution in [2.75, 3.05) is 7.05 Å². The van der Waals surface area contributed by atoms with E-state index in [2.05, 4.69) is 5.32 Å². The van der Waals surface area contributed by atoms with Crippen molar-refractivity contribution in [1.29, 1.82) is 0 Å². The molecule has 0 bridgehead atoms. The molecule has 0 atom stereocenters. The molecule has 0 aliphatic carbocycles. The molecule has 0 aliphatic rings. The largest absolute Gasteiger partial charge is 0.316 e. The van der Waals surface area contributed by atoms with E-state index in [-0.39, 0.29) is 5.82 Å². The highest BCUT2D eigenvalue weighted by Gasteiger charge is 2.14. The summed E-state index contributed by atoms with van der Waals surface area (Å²) in [5.74, 6) is -0.369. The highest BCUT2D eigenvalue weighted by molar-refractivity contribution is 6.41. The molecule has 0 fully saturated rings. The van der Waals surface area contributed by atoms with Crippen LogP contribution in [0, 0.1) is 5.82 Å². The van der Waals surface area contributed by atoms with Gasteiger partial charge in [0.2, 0.25) is 0 Å². The molecule has 0 aliphatic heterocycles. The normalized spacial score (nSPS) is 10.8. The predicted octanol–water partition coefficient (Wildman–Crippen LogP) is 5.17. The van der Waals surface area contributed by atoms with Gasteiger partial charge < -0.3 is 5.32 Å². The minimum Gasteiger partial charge on any atom is -0.316 e. The van der Waals surface area contributed by atoms with Crippen LogP contribution in [0.25, 0.3) is 11.1 Å². The first-order chi connectivity index (χ1) is 9.02. The quantitative estimate of drug-likeness (QED) is 0.823. The standard InChI is InChI=1S/C14H11Cl3FN/c1-19-7-8-2-3-13(18)10(4-8)14-11(16)5-9(15)6-12(14)17/h2-6,19H,7H2,1H3. The van der Waals surface area contributed by atoms with E-state index >= 15 is 0 Å². The minimum atomic E-state index is -0.369. The Bertz CT molecular complexity index is 591. The fraction of sp³-hybridized carbons (Fsp3) is 0.143. The van der Waals surface area contributed by atoms with Crippen LogP contribution < -0.4 is 5.32 Å². The number of nitrogens with one attached hydrogen (secondary N) is 1. The van der Waals surface area contributed by atoms with E-state index in [1.54, 1.807) is 24.3 Å². The van der Waals surface area contributed by atoms with Gasteiger partial charge in [0.1, 0.15) is 5.82 Å². The Kier molecular flexibility index (Phi) is 4.69. The molecular weight excluding hydrogens is 308 g/mol. The first-order valence-electron chi connectivity index (χ1n) is 5.61. The molecule has 5 heteroatoms. The zero-order valence-electron chi connectivity index (χ0n) is 10.1. The van der Waals surface area contributed by atoms with Gasteiger partial charge in [-0.1, -0.05) is 40.9 Å². The summed E-state index contributed by atoms with van der Waals surface area (Å²) in [6.07, 6.45) is 0. The third-order valence-corrected chi connectivity index (χ3v) is 3.50. The average Bonchev–Trinajstić information content (AvgIpc) is 2.32. The molecule has 2 rings (SSSR count). The number of hydrogen-bond donors (Lipinski definition) is 1. The van der Waals surface area contributed by atoms with E-state index in [1.807, 2.05) is 7.05 Å². The third kappa shape index (κ3) is 3.21. The van der Waals surface area contributed by atoms with Crippen LogP contribution in [-0.4, -0.2) is 7.05 Å². The van der Waals surface area contributed by atoms with Crippen molar-refractivity contribution in [2.45, 2.75) is 6.54 Å². The van der Waals surface area contributed by atoms with Crippen molar-refractivity contribution in [1.82, 2.24) is 5.32 Å². The first kappa shape index (κ1) is 14.6. The lowest BCUT2D eigenvalue weighted by atomic mass is 10.0. The van der Waals surface area contributed by atoms with E-state index in [1.165, 1.54) is 6.07 Å². The van der Waals surface area contributed by atoms with Crippen LogP contribution in [0.4, 0.5) is 4.39 Å². The Hall–Kier alpha value is -0.800. The minimum absolute atomic E-state index is 0.331. The van der Waals surface area contributed by atoms with Gasteiger partial charge in [-0.15, -0.1) is 0 Å². The molecule has 0 aromatic heterocycles. The molecule has 0 radical (unpaired) electrons. The molecule has 19 heavy (non-hydrogen) atoms. The Morgan fingerprint density at radius 3 is 2.26 bits per heavy atom. The maximum Gasteiger partial charge on any atom is 0.131 e. The van der Waals surface area contributed by atoms with Gasteiger partial charge in [0.05, 0.1) is 10.0 Å². The molecule has 100 valence electrons. The van der Waals surface area contributed by atoms with Crippen molar-refractivity contribution in [2.24, 2.45) is 0 Å². The van der Waals surface area contributed by atoms with Crippen molar-refractivity contribution in [3.05, 3.63) is 56.8 Å². The van der Waals surface area contributed by atoms with Crippen LogP contribution in [0.5, 0.6) is 0 Å². The van der Waals surface area contributed by atoms with Crippen LogP contribution in [0.3, 0.4) is 0 Å². The molecule has 0 saturated heterocycles. The van der Waals surface area contributed by atoms with E-state index in [0.29, 0.717) is 32.7 Å². The second-order valence-electron chi connectivity index (χ2n) is 4.09. The van der Waals surface area contributed by atoms with Gasteiger partial charge in [-0.25, -0.2) is 4.39 Å². The molecule has 2 aromatic rings. The Morgan fingerprint density at radius 1 is 1.05 bits per heavy atom. The SMILES string of the molecule is CNCc1ccc(F)c(-c2c(Cl)cc(Cl)cc2Cl)c1. The van der Waals surface area contributed by atoms with E-state index in [0.717, 1.165) is 5.56 Å². The molecule has 2 aromatic carbocycles. The highest BCUT2D eigenvalue weighted by Crippen LogP contribution is 2.38. The molecule has 0 amide bonds. The van der Waals surface area contributed by atoms with E-state index in [4.69, 9.17) is 34.8 Å². The predicted molar refractivity (Wildman–Crippen MR) is 79.6 cm³/mol. The smallest absolute Gasteiger partial charge is 0.131 e. The summed E-state index contributed by atoms with van der Waals surface area (Å²) in [5, 5.41) is 4.10. The van der Waals surface area contributed by atoms with Gasteiger partial charge in [0, 0.05) is 22.7 Å². The monoisotopic (exact) mass is 317 g/mol. The van der Waals surface area contributed by atoms with Crippen LogP contribution in [0.15, 0.2) is 30.3 Å². The van der Waals surface area contributed by atoms with Crippen molar-refractivity contribution >= 4 is 34.8 Å². The fourth-order valence-corrected chi connectivity index (χ4v) is 2.90. The molecule has 1 N–H and O–H groups in total. The topological polar surface area (TPSA) is 12.0 Å². The zero-order chi connectivity index (χ0) is 14.0. The first-order valence-corrected chi connectivity index (χ1v) is 6.74. The number of hydrogen-bond acceptors (Lipinski definition) is 1. The second-order valence-corrected chi connectivity index (χ2v) is 5.34. The molecule has 1 nitrogen and oxygen atoms in total. The Labute approximate surface area is 126 Å². The Balaban J connectivity index is 2.61. The van der Waals surface area contributed by atoms with Crippen LogP contribution in [-0.2, 0) is 6.54 Å². The molecule has 0 unspecified atom stereocenters. The van der Waals surface area contributed by atoms with Crippen LogP contribution in [0.2, 0.25) is 15.1 Å². The van der Waals surface area contributed by atoms with E-state index < -0.39 is 0 Å². The average molecular weight is 319 g/mol. The van der Waals surface area contributed by atoms with Crippen LogP contribution >= 0.6 is 34.8 Å². The summed E-state index contributed by atoms with van der Waals surface area (Å²) in [4.78, 5) is 0. The van der Waals surface area contributed by atoms with Gasteiger partial charge in [-0.2, -0.15) is 0 Å². The summed E-state index contributed by atoms with van der Waals surface area (Å²) < 4.78 is 14.0. The second kappa shape index (κ2) is 6.10. The lowest BCUT2D eigenvalue weighted by Gasteiger charge is -2.11. The summed E-state index contributed by atoms with van der Waals surface area (Å²) in [7, 11) is 1.82. The summed E-state index contributed by atoms with van der Waals surface area (Å²) in [5.41, 5.74) is 1.78. The Morgan fingerprint density at radius 2 is 1.68 bits per heavy atom. The molecule has 0 heterocycles. The van der Waals surface area contributed by atoms with Gasteiger partial charge in [0.15, 0.2) is 0 Å². The number of benzene rings is 2. The lowest BCUT2D eigenvalue weighted by Crippen LogP contribution is -2.05. The molecular formula is C14H11Cl3FN. The van der Waals surface area contributed by atoms with Crippen LogP contribution in [0.1, 0.15) is 5.56 Å². The molecule has 0 saturated carbocycles. The fourth-order valence-electron chi connectivity index (χ4n) is 1.88. The highest BCUT2D eigenvalue weighted by atomic mass is 35.5. The van der Waals surface area contributed by atoms with Crippen molar-refractivity contribution in [3.8, 4) is 11.1 Å².